The van der Waals surface area contributed by atoms with Crippen molar-refractivity contribution in [2.75, 3.05) is 9.80 Å². The highest BCUT2D eigenvalue weighted by Crippen LogP contribution is 2.53. The molecule has 0 N–H and O–H groups in total. The van der Waals surface area contributed by atoms with Gasteiger partial charge >= 0.3 is 0 Å². The van der Waals surface area contributed by atoms with Crippen molar-refractivity contribution < 1.29 is 22.5 Å². The third kappa shape index (κ3) is 10.1. The maximum Gasteiger partial charge on any atom is 0.155 e. The SMILES string of the molecule is [2H]c1c([2H])c([2H])c(N(c2c(-c3ccc(-c4ccccc4)cc3)ccc(-c3ccc(-c4ccccc4)cc3)c2F)c2ccc3ccc4c(N(c5c([2H])c([2H])c([2H])c([2H])c5[2H])c5c(-c6ccc(-c7ccccc7)cc6)ccc(-c6ccc(-c7ccccc7)cc6)c5F)ccc5ccc2c3c54)c([2H])c1[2H]. The van der Waals surface area contributed by atoms with Crippen LogP contribution in [0.15, 0.2) is 352 Å². The Balaban J connectivity index is 0.970. The second kappa shape index (κ2) is 23.8. The molecule has 0 aliphatic rings. The van der Waals surface area contributed by atoms with Crippen molar-refractivity contribution in [1.29, 1.82) is 0 Å². The van der Waals surface area contributed by atoms with Gasteiger partial charge in [-0.1, -0.05) is 315 Å². The van der Waals surface area contributed by atoms with Crippen molar-refractivity contribution >= 4 is 66.4 Å². The molecule has 0 unspecified atom stereocenters. The molecule has 0 aliphatic heterocycles. The average Bonchev–Trinajstić information content (AvgIpc) is 0.720. The number of benzene rings is 16. The monoisotopic (exact) mass is 1190 g/mol. The van der Waals surface area contributed by atoms with Gasteiger partial charge in [0.25, 0.3) is 0 Å². The van der Waals surface area contributed by atoms with Gasteiger partial charge in [-0.2, -0.15) is 0 Å². The van der Waals surface area contributed by atoms with Crippen molar-refractivity contribution in [3.8, 4) is 89.0 Å². The summed E-state index contributed by atoms with van der Waals surface area (Å²) in [5, 5.41) is 3.42. The van der Waals surface area contributed by atoms with E-state index in [2.05, 4.69) is 0 Å². The van der Waals surface area contributed by atoms with Gasteiger partial charge in [0.05, 0.1) is 36.5 Å². The minimum atomic E-state index is -0.747. The first-order valence-corrected chi connectivity index (χ1v) is 30.4. The Hall–Kier alpha value is -12.0. The highest BCUT2D eigenvalue weighted by Gasteiger charge is 2.30. The standard InChI is InChI=1S/C88H58F2N2/c89-85-75(67-39-31-63(32-40-67)59-19-7-1-8-20-59)53-55-77(69-43-35-65(36-44-69)61-23-11-3-12-24-61)87(85)91(73-27-15-5-16-28-73)81-57-49-71-48-52-80-82(58-50-72-47-51-79(81)83(71)84(72)80)92(74-29-17-6-18-30-74)88-78(70-45-37-66(38-46-70)62-25-13-4-14-26-62)56-54-76(86(88)90)68-41-33-64(34-42-68)60-21-9-2-10-22-60/h1-58H/i5D,6D,15D,16D,17D,18D,27D,28D,29D,30D. The molecule has 4 heteroatoms. The van der Waals surface area contributed by atoms with Crippen LogP contribution >= 0.6 is 0 Å². The first-order valence-electron chi connectivity index (χ1n) is 35.4. The molecular weight excluding hydrogens is 1120 g/mol. The Morgan fingerprint density at radius 3 is 0.783 bits per heavy atom. The maximum absolute atomic E-state index is 19.4. The summed E-state index contributed by atoms with van der Waals surface area (Å²) >= 11 is 0. The average molecular weight is 1190 g/mol. The predicted molar refractivity (Wildman–Crippen MR) is 383 cm³/mol. The van der Waals surface area contributed by atoms with E-state index >= 15 is 8.78 Å². The zero-order valence-electron chi connectivity index (χ0n) is 59.4. The quantitative estimate of drug-likeness (QED) is 0.100. The molecule has 0 spiro atoms. The van der Waals surface area contributed by atoms with Gasteiger partial charge in [-0.3, -0.25) is 0 Å². The smallest absolute Gasteiger partial charge is 0.155 e. The molecule has 0 heterocycles. The molecule has 16 rings (SSSR count). The van der Waals surface area contributed by atoms with E-state index in [1.54, 1.807) is 36.4 Å². The summed E-state index contributed by atoms with van der Waals surface area (Å²) < 4.78 is 133. The number of para-hydroxylation sites is 2. The van der Waals surface area contributed by atoms with E-state index in [9.17, 15) is 11.0 Å². The Labute approximate surface area is 548 Å². The molecule has 0 saturated carbocycles. The van der Waals surface area contributed by atoms with E-state index < -0.39 is 72.1 Å². The van der Waals surface area contributed by atoms with E-state index in [-0.39, 0.29) is 45.3 Å². The number of hydrogen-bond donors (Lipinski definition) is 0. The van der Waals surface area contributed by atoms with Crippen molar-refractivity contribution in [3.63, 3.8) is 0 Å². The van der Waals surface area contributed by atoms with Crippen LogP contribution in [-0.2, 0) is 0 Å². The molecule has 0 aliphatic carbocycles. The molecule has 92 heavy (non-hydrogen) atoms. The van der Waals surface area contributed by atoms with Crippen LogP contribution in [0.3, 0.4) is 0 Å². The van der Waals surface area contributed by atoms with Crippen molar-refractivity contribution in [2.24, 2.45) is 0 Å². The number of nitrogens with zero attached hydrogens (tertiary/aromatic N) is 2. The molecular formula is C88H58F2N2. The van der Waals surface area contributed by atoms with Gasteiger partial charge in [0.15, 0.2) is 11.6 Å². The van der Waals surface area contributed by atoms with Crippen molar-refractivity contribution in [2.45, 2.75) is 0 Å². The van der Waals surface area contributed by atoms with Gasteiger partial charge < -0.3 is 9.80 Å². The molecule has 16 aromatic rings. The summed E-state index contributed by atoms with van der Waals surface area (Å²) in [6.45, 7) is 0. The molecule has 0 amide bonds. The molecule has 2 nitrogen and oxygen atoms in total. The lowest BCUT2D eigenvalue weighted by molar-refractivity contribution is 0.632. The van der Waals surface area contributed by atoms with Crippen molar-refractivity contribution in [3.05, 3.63) is 363 Å². The number of hydrogen-bond acceptors (Lipinski definition) is 2. The fourth-order valence-corrected chi connectivity index (χ4v) is 12.9. The fraction of sp³-hybridized carbons (Fsp3) is 0. The summed E-state index contributed by atoms with van der Waals surface area (Å²) in [6, 6.07) is 85.0. The zero-order valence-corrected chi connectivity index (χ0v) is 49.4. The van der Waals surface area contributed by atoms with E-state index in [0.717, 1.165) is 44.5 Å². The molecule has 0 radical (unpaired) electrons. The molecule has 16 aromatic carbocycles. The summed E-state index contributed by atoms with van der Waals surface area (Å²) in [7, 11) is 0. The van der Waals surface area contributed by atoms with Gasteiger partial charge in [-0.25, -0.2) is 8.78 Å². The minimum Gasteiger partial charge on any atom is -0.307 e. The van der Waals surface area contributed by atoms with Crippen LogP contribution in [0.1, 0.15) is 13.7 Å². The Morgan fingerprint density at radius 1 is 0.228 bits per heavy atom. The van der Waals surface area contributed by atoms with Crippen LogP contribution in [0.5, 0.6) is 0 Å². The topological polar surface area (TPSA) is 6.48 Å². The van der Waals surface area contributed by atoms with Crippen LogP contribution < -0.4 is 9.80 Å². The molecule has 0 fully saturated rings. The summed E-state index contributed by atoms with van der Waals surface area (Å²) in [4.78, 5) is 2.90. The Bertz CT molecular complexity index is 5500. The molecule has 0 saturated heterocycles. The van der Waals surface area contributed by atoms with E-state index in [1.165, 1.54) is 9.80 Å². The van der Waals surface area contributed by atoms with Crippen LogP contribution in [0, 0.1) is 11.6 Å². The highest BCUT2D eigenvalue weighted by atomic mass is 19.1. The van der Waals surface area contributed by atoms with Crippen LogP contribution in [-0.4, -0.2) is 0 Å². The van der Waals surface area contributed by atoms with Crippen LogP contribution in [0.2, 0.25) is 0 Å². The summed E-state index contributed by atoms with van der Waals surface area (Å²) in [5.74, 6) is -1.49. The summed E-state index contributed by atoms with van der Waals surface area (Å²) in [5.41, 5.74) is 10.2. The third-order valence-corrected chi connectivity index (χ3v) is 17.4. The van der Waals surface area contributed by atoms with Gasteiger partial charge in [0, 0.05) is 44.4 Å². The van der Waals surface area contributed by atoms with Gasteiger partial charge in [-0.15, -0.1) is 0 Å². The van der Waals surface area contributed by atoms with Crippen LogP contribution in [0.4, 0.5) is 42.9 Å². The minimum absolute atomic E-state index is 0.108. The molecule has 434 valence electrons. The highest BCUT2D eigenvalue weighted by molar-refractivity contribution is 6.28. The predicted octanol–water partition coefficient (Wildman–Crippen LogP) is 25.1. The van der Waals surface area contributed by atoms with E-state index in [0.29, 0.717) is 65.7 Å². The van der Waals surface area contributed by atoms with Crippen LogP contribution in [0.25, 0.3) is 121 Å². The number of anilines is 6. The first-order chi connectivity index (χ1) is 49.6. The lowest BCUT2D eigenvalue weighted by Gasteiger charge is -2.32. The normalized spacial score (nSPS) is 12.9. The largest absolute Gasteiger partial charge is 0.307 e. The lowest BCUT2D eigenvalue weighted by atomic mass is 9.90. The van der Waals surface area contributed by atoms with Gasteiger partial charge in [-0.05, 0) is 125 Å². The maximum atomic E-state index is 19.4. The van der Waals surface area contributed by atoms with Gasteiger partial charge in [0.2, 0.25) is 0 Å². The Kier molecular flexibility index (Phi) is 11.7. The van der Waals surface area contributed by atoms with Gasteiger partial charge in [0.1, 0.15) is 0 Å². The summed E-state index contributed by atoms with van der Waals surface area (Å²) in [6.07, 6.45) is 0. The van der Waals surface area contributed by atoms with E-state index in [4.69, 9.17) is 2.74 Å². The van der Waals surface area contributed by atoms with E-state index in [1.807, 2.05) is 255 Å². The first kappa shape index (κ1) is 45.3. The molecule has 0 bridgehead atoms. The lowest BCUT2D eigenvalue weighted by Crippen LogP contribution is -2.15. The third-order valence-electron chi connectivity index (χ3n) is 17.4. The molecule has 0 atom stereocenters. The van der Waals surface area contributed by atoms with Crippen molar-refractivity contribution in [1.82, 2.24) is 0 Å². The number of rotatable bonds is 14. The zero-order chi connectivity index (χ0) is 70.2. The second-order valence-corrected chi connectivity index (χ2v) is 22.6. The second-order valence-electron chi connectivity index (χ2n) is 22.6. The number of halogens is 2. The Morgan fingerprint density at radius 2 is 0.478 bits per heavy atom. The molecule has 0 aromatic heterocycles. The fourth-order valence-electron chi connectivity index (χ4n) is 12.9.